The summed E-state index contributed by atoms with van der Waals surface area (Å²) in [7, 11) is -3.85. The van der Waals surface area contributed by atoms with E-state index in [2.05, 4.69) is 9.64 Å². The van der Waals surface area contributed by atoms with E-state index < -0.39 is 22.2 Å². The van der Waals surface area contributed by atoms with Gasteiger partial charge in [0.1, 0.15) is 5.75 Å². The van der Waals surface area contributed by atoms with E-state index in [0.717, 1.165) is 13.1 Å². The number of hydrogen-bond donors (Lipinski definition) is 1. The van der Waals surface area contributed by atoms with Gasteiger partial charge in [-0.05, 0) is 37.1 Å². The van der Waals surface area contributed by atoms with Gasteiger partial charge in [0.2, 0.25) is 0 Å². The van der Waals surface area contributed by atoms with Crippen molar-refractivity contribution < 1.29 is 31.8 Å². The number of rotatable bonds is 6. The molecule has 3 aliphatic heterocycles. The molecule has 2 bridgehead atoms. The van der Waals surface area contributed by atoms with Crippen molar-refractivity contribution in [1.29, 1.82) is 0 Å². The van der Waals surface area contributed by atoms with Crippen molar-refractivity contribution in [2.24, 2.45) is 0 Å². The highest BCUT2D eigenvalue weighted by atomic mass is 32.2. The second-order valence-electron chi connectivity index (χ2n) is 7.73. The number of nitrogens with zero attached hydrogens (tertiary/aromatic N) is 2. The Morgan fingerprint density at radius 3 is 2.55 bits per heavy atom. The SMILES string of the molecule is O=S(=O)(c1ccc(OC(F)F)cc1)N1C2=CC[C@H]1C[C@@](O)(CN1CCOCC1)C2. The predicted octanol–water partition coefficient (Wildman–Crippen LogP) is 1.79. The molecule has 2 fully saturated rings. The van der Waals surface area contributed by atoms with E-state index in [1.54, 1.807) is 0 Å². The lowest BCUT2D eigenvalue weighted by molar-refractivity contribution is -0.0536. The minimum atomic E-state index is -3.85. The van der Waals surface area contributed by atoms with Crippen LogP contribution in [-0.2, 0) is 14.8 Å². The molecule has 29 heavy (non-hydrogen) atoms. The number of benzene rings is 1. The second-order valence-corrected chi connectivity index (χ2v) is 9.54. The average molecular weight is 430 g/mol. The smallest absolute Gasteiger partial charge is 0.387 e. The summed E-state index contributed by atoms with van der Waals surface area (Å²) in [5.74, 6) is -0.0975. The van der Waals surface area contributed by atoms with Gasteiger partial charge < -0.3 is 14.6 Å². The van der Waals surface area contributed by atoms with Gasteiger partial charge in [-0.1, -0.05) is 6.08 Å². The molecule has 0 saturated carbocycles. The van der Waals surface area contributed by atoms with Crippen molar-refractivity contribution in [2.75, 3.05) is 32.8 Å². The lowest BCUT2D eigenvalue weighted by atomic mass is 9.87. The molecule has 1 aromatic rings. The minimum absolute atomic E-state index is 0.00975. The number of fused-ring (bicyclic) bond motifs is 2. The standard InChI is InChI=1S/C19H24F2N2O5S/c20-18(21)28-16-3-5-17(6-4-16)29(25,26)23-14-1-2-15(23)12-19(24,11-14)13-22-7-9-27-10-8-22/h1,3-6,15,18,24H,2,7-13H2/t15-,19+/m0/s1. The topological polar surface area (TPSA) is 79.3 Å². The summed E-state index contributed by atoms with van der Waals surface area (Å²) in [4.78, 5) is 2.16. The van der Waals surface area contributed by atoms with Crippen molar-refractivity contribution >= 4 is 10.0 Å². The molecule has 2 saturated heterocycles. The van der Waals surface area contributed by atoms with Crippen LogP contribution in [0.4, 0.5) is 8.78 Å². The third kappa shape index (κ3) is 4.25. The van der Waals surface area contributed by atoms with E-state index in [-0.39, 0.29) is 23.1 Å². The van der Waals surface area contributed by atoms with Gasteiger partial charge in [0.15, 0.2) is 0 Å². The molecule has 10 heteroatoms. The van der Waals surface area contributed by atoms with Crippen LogP contribution in [0.15, 0.2) is 40.9 Å². The molecule has 3 heterocycles. The molecular weight excluding hydrogens is 406 g/mol. The zero-order valence-corrected chi connectivity index (χ0v) is 16.7. The first-order chi connectivity index (χ1) is 13.8. The Morgan fingerprint density at radius 2 is 1.93 bits per heavy atom. The van der Waals surface area contributed by atoms with E-state index in [9.17, 15) is 22.3 Å². The zero-order valence-electron chi connectivity index (χ0n) is 15.8. The Morgan fingerprint density at radius 1 is 1.24 bits per heavy atom. The van der Waals surface area contributed by atoms with Gasteiger partial charge >= 0.3 is 6.61 Å². The Bertz CT molecular complexity index is 871. The van der Waals surface area contributed by atoms with E-state index in [4.69, 9.17) is 4.74 Å². The summed E-state index contributed by atoms with van der Waals surface area (Å²) in [6.07, 6.45) is 3.02. The summed E-state index contributed by atoms with van der Waals surface area (Å²) in [6.45, 7) is 0.284. The summed E-state index contributed by atoms with van der Waals surface area (Å²) in [6, 6.07) is 4.61. The van der Waals surface area contributed by atoms with Crippen LogP contribution in [0.2, 0.25) is 0 Å². The van der Waals surface area contributed by atoms with Crippen LogP contribution in [0, 0.1) is 0 Å². The van der Waals surface area contributed by atoms with Crippen LogP contribution in [0.5, 0.6) is 5.75 Å². The quantitative estimate of drug-likeness (QED) is 0.742. The van der Waals surface area contributed by atoms with Gasteiger partial charge in [-0.2, -0.15) is 8.78 Å². The molecule has 160 valence electrons. The molecule has 0 spiro atoms. The van der Waals surface area contributed by atoms with Gasteiger partial charge in [-0.15, -0.1) is 0 Å². The first kappa shape index (κ1) is 20.5. The molecule has 2 atom stereocenters. The molecule has 0 aliphatic carbocycles. The number of piperidine rings is 1. The third-order valence-electron chi connectivity index (χ3n) is 5.59. The predicted molar refractivity (Wildman–Crippen MR) is 100 cm³/mol. The molecule has 3 aliphatic rings. The highest BCUT2D eigenvalue weighted by Gasteiger charge is 2.48. The van der Waals surface area contributed by atoms with Crippen molar-refractivity contribution in [3.8, 4) is 5.75 Å². The lowest BCUT2D eigenvalue weighted by Gasteiger charge is -2.44. The summed E-state index contributed by atoms with van der Waals surface area (Å²) in [5.41, 5.74) is -0.393. The molecule has 4 rings (SSSR count). The maximum atomic E-state index is 13.2. The zero-order chi connectivity index (χ0) is 20.6. The third-order valence-corrected chi connectivity index (χ3v) is 7.51. The van der Waals surface area contributed by atoms with Crippen molar-refractivity contribution in [3.05, 3.63) is 36.0 Å². The number of hydrogen-bond acceptors (Lipinski definition) is 6. The number of alkyl halides is 2. The summed E-state index contributed by atoms with van der Waals surface area (Å²) >= 11 is 0. The average Bonchev–Trinajstić information content (AvgIpc) is 2.96. The number of halogens is 2. The van der Waals surface area contributed by atoms with Crippen molar-refractivity contribution in [2.45, 2.75) is 42.4 Å². The highest BCUT2D eigenvalue weighted by Crippen LogP contribution is 2.43. The van der Waals surface area contributed by atoms with Gasteiger partial charge in [-0.3, -0.25) is 9.21 Å². The van der Waals surface area contributed by atoms with Crippen LogP contribution >= 0.6 is 0 Å². The van der Waals surface area contributed by atoms with Crippen LogP contribution < -0.4 is 4.74 Å². The maximum Gasteiger partial charge on any atom is 0.387 e. The first-order valence-corrected chi connectivity index (χ1v) is 11.0. The molecule has 0 amide bonds. The van der Waals surface area contributed by atoms with E-state index in [0.29, 0.717) is 38.3 Å². The van der Waals surface area contributed by atoms with Gasteiger partial charge in [0.25, 0.3) is 10.0 Å². The fourth-order valence-corrected chi connectivity index (χ4v) is 6.12. The Hall–Kier alpha value is -1.75. The lowest BCUT2D eigenvalue weighted by Crippen LogP contribution is -2.54. The number of morpholine rings is 1. The molecule has 7 nitrogen and oxygen atoms in total. The van der Waals surface area contributed by atoms with Gasteiger partial charge in [0, 0.05) is 31.8 Å². The highest BCUT2D eigenvalue weighted by molar-refractivity contribution is 7.89. The molecular formula is C19H24F2N2O5S. The molecule has 0 aromatic heterocycles. The fourth-order valence-electron chi connectivity index (χ4n) is 4.41. The van der Waals surface area contributed by atoms with Crippen LogP contribution in [0.25, 0.3) is 0 Å². The van der Waals surface area contributed by atoms with E-state index in [1.807, 2.05) is 6.08 Å². The molecule has 0 radical (unpaired) electrons. The largest absolute Gasteiger partial charge is 0.435 e. The van der Waals surface area contributed by atoms with Gasteiger partial charge in [0.05, 0.1) is 29.8 Å². The minimum Gasteiger partial charge on any atom is -0.435 e. The second kappa shape index (κ2) is 7.82. The van der Waals surface area contributed by atoms with Crippen LogP contribution in [0.3, 0.4) is 0 Å². The van der Waals surface area contributed by atoms with Gasteiger partial charge in [-0.25, -0.2) is 8.42 Å². The number of β-amino-alcohol motifs (C(OH)–C–C–N with tert-alkyl or cyclic N) is 1. The Labute approximate surface area is 168 Å². The summed E-state index contributed by atoms with van der Waals surface area (Å²) < 4.78 is 62.0. The number of aliphatic hydroxyl groups is 1. The first-order valence-electron chi connectivity index (χ1n) is 9.58. The Balaban J connectivity index is 1.49. The Kier molecular flexibility index (Phi) is 5.54. The van der Waals surface area contributed by atoms with Crippen LogP contribution in [-0.4, -0.2) is 73.8 Å². The number of sulfonamides is 1. The molecule has 0 unspecified atom stereocenters. The molecule has 1 N–H and O–H groups in total. The normalized spacial score (nSPS) is 27.9. The monoisotopic (exact) mass is 430 g/mol. The summed E-state index contributed by atoms with van der Waals surface area (Å²) in [5, 5.41) is 11.1. The van der Waals surface area contributed by atoms with Crippen molar-refractivity contribution in [3.63, 3.8) is 0 Å². The van der Waals surface area contributed by atoms with E-state index >= 15 is 0 Å². The maximum absolute atomic E-state index is 13.2. The van der Waals surface area contributed by atoms with Crippen molar-refractivity contribution in [1.82, 2.24) is 9.21 Å². The fraction of sp³-hybridized carbons (Fsp3) is 0.579. The van der Waals surface area contributed by atoms with E-state index in [1.165, 1.54) is 28.6 Å². The molecule has 1 aromatic carbocycles. The van der Waals surface area contributed by atoms with Crippen LogP contribution in [0.1, 0.15) is 19.3 Å². The number of ether oxygens (including phenoxy) is 2.